The van der Waals surface area contributed by atoms with Gasteiger partial charge in [-0.2, -0.15) is 0 Å². The number of hydrogen-bond donors (Lipinski definition) is 0. The topological polar surface area (TPSA) is 44.6 Å². The van der Waals surface area contributed by atoms with E-state index in [0.29, 0.717) is 0 Å². The maximum Gasteiger partial charge on any atom is 1.00 e. The fourth-order valence-electron chi connectivity index (χ4n) is 1.68. The summed E-state index contributed by atoms with van der Waals surface area (Å²) >= 11 is 0. The van der Waals surface area contributed by atoms with E-state index < -0.39 is 5.95 Å². The predicted molar refractivity (Wildman–Crippen MR) is 73.6 cm³/mol. The summed E-state index contributed by atoms with van der Waals surface area (Å²) in [5.74, 6) is -0.468. The number of methoxy groups -OCH3 is 1. The zero-order valence-corrected chi connectivity index (χ0v) is 13.6. The summed E-state index contributed by atoms with van der Waals surface area (Å²) in [5.41, 5.74) is 2.65. The molecule has 96 valence electrons. The maximum absolute atomic E-state index is 11.2. The number of aliphatic imine (C=N–C) groups is 1. The second kappa shape index (κ2) is 8.59. The first-order valence-corrected chi connectivity index (χ1v) is 5.91. The normalized spacial score (nSPS) is 10.3. The molecule has 0 aliphatic carbocycles. The molecule has 0 atom stereocenters. The molecule has 0 unspecified atom stereocenters. The van der Waals surface area contributed by atoms with Gasteiger partial charge in [-0.3, -0.25) is 4.99 Å². The summed E-state index contributed by atoms with van der Waals surface area (Å²) in [7, 11) is 1.33. The summed E-state index contributed by atoms with van der Waals surface area (Å²) in [4.78, 5) is 4.25. The smallest absolute Gasteiger partial charge is 0.616 e. The van der Waals surface area contributed by atoms with Crippen LogP contribution in [-0.2, 0) is 4.74 Å². The molecular formula is C16H14NNaO2. The molecule has 0 heterocycles. The maximum atomic E-state index is 11.2. The standard InChI is InChI=1S/C16H15NO2.Na/c1-19-15(18)12-17-16(13-8-4-2-5-9-13)14-10-6-3-7-11-14;/h2-12,18H,1H3;/q;+1/p-1. The molecule has 20 heavy (non-hydrogen) atoms. The minimum absolute atomic E-state index is 0. The first kappa shape index (κ1) is 16.5. The molecule has 0 saturated heterocycles. The molecule has 2 aromatic rings. The minimum atomic E-state index is -0.468. The van der Waals surface area contributed by atoms with Crippen molar-refractivity contribution in [3.8, 4) is 0 Å². The molecule has 3 nitrogen and oxygen atoms in total. The van der Waals surface area contributed by atoms with Crippen molar-refractivity contribution < 1.29 is 39.4 Å². The third-order valence-corrected chi connectivity index (χ3v) is 2.59. The Morgan fingerprint density at radius 3 is 1.80 bits per heavy atom. The van der Waals surface area contributed by atoms with Gasteiger partial charge in [-0.15, -0.1) is 0 Å². The Labute approximate surface area is 140 Å². The van der Waals surface area contributed by atoms with Gasteiger partial charge in [0.2, 0.25) is 0 Å². The van der Waals surface area contributed by atoms with Crippen LogP contribution >= 0.6 is 0 Å². The zero-order valence-electron chi connectivity index (χ0n) is 11.6. The van der Waals surface area contributed by atoms with Crippen LogP contribution in [0.5, 0.6) is 0 Å². The summed E-state index contributed by atoms with van der Waals surface area (Å²) in [6.07, 6.45) is 1.19. The monoisotopic (exact) mass is 275 g/mol. The Bertz CT molecular complexity index is 538. The van der Waals surface area contributed by atoms with E-state index in [4.69, 9.17) is 0 Å². The van der Waals surface area contributed by atoms with Crippen molar-refractivity contribution in [2.75, 3.05) is 7.11 Å². The van der Waals surface area contributed by atoms with Gasteiger partial charge in [0.25, 0.3) is 0 Å². The van der Waals surface area contributed by atoms with Crippen molar-refractivity contribution in [3.05, 3.63) is 83.9 Å². The summed E-state index contributed by atoms with van der Waals surface area (Å²) in [5, 5.41) is 11.2. The average Bonchev–Trinajstić information content (AvgIpc) is 2.49. The van der Waals surface area contributed by atoms with Crippen LogP contribution in [0.4, 0.5) is 0 Å². The number of ether oxygens (including phenoxy) is 1. The second-order valence-electron chi connectivity index (χ2n) is 3.86. The Balaban J connectivity index is 0.00000200. The fraction of sp³-hybridized carbons (Fsp3) is 0.0625. The molecule has 0 aliphatic heterocycles. The molecule has 0 fully saturated rings. The quantitative estimate of drug-likeness (QED) is 0.422. The minimum Gasteiger partial charge on any atom is -0.616 e. The SMILES string of the molecule is COC([O-])=CN=C(c1ccccc1)c1ccccc1.[Na+]. The number of benzene rings is 2. The van der Waals surface area contributed by atoms with E-state index >= 15 is 0 Å². The van der Waals surface area contributed by atoms with E-state index in [1.807, 2.05) is 60.7 Å². The van der Waals surface area contributed by atoms with Crippen molar-refractivity contribution in [3.63, 3.8) is 0 Å². The second-order valence-corrected chi connectivity index (χ2v) is 3.86. The van der Waals surface area contributed by atoms with Crippen molar-refractivity contribution in [2.45, 2.75) is 0 Å². The van der Waals surface area contributed by atoms with Gasteiger partial charge in [-0.25, -0.2) is 0 Å². The average molecular weight is 275 g/mol. The zero-order chi connectivity index (χ0) is 13.5. The first-order chi connectivity index (χ1) is 9.31. The Morgan fingerprint density at radius 2 is 1.40 bits per heavy atom. The molecular weight excluding hydrogens is 261 g/mol. The third-order valence-electron chi connectivity index (χ3n) is 2.59. The van der Waals surface area contributed by atoms with Crippen LogP contribution < -0.4 is 34.7 Å². The summed E-state index contributed by atoms with van der Waals surface area (Å²) in [6.45, 7) is 0. The van der Waals surface area contributed by atoms with E-state index in [0.717, 1.165) is 16.8 Å². The molecule has 0 bridgehead atoms. The number of rotatable bonds is 4. The molecule has 0 amide bonds. The number of hydrogen-bond acceptors (Lipinski definition) is 3. The van der Waals surface area contributed by atoms with Gasteiger partial charge in [-0.1, -0.05) is 60.7 Å². The van der Waals surface area contributed by atoms with Crippen LogP contribution in [-0.4, -0.2) is 12.8 Å². The summed E-state index contributed by atoms with van der Waals surface area (Å²) in [6, 6.07) is 19.4. The van der Waals surface area contributed by atoms with Crippen LogP contribution in [0.2, 0.25) is 0 Å². The van der Waals surface area contributed by atoms with Crippen LogP contribution in [0, 0.1) is 0 Å². The molecule has 4 heteroatoms. The van der Waals surface area contributed by atoms with E-state index in [-0.39, 0.29) is 29.6 Å². The molecule has 2 aromatic carbocycles. The third kappa shape index (κ3) is 4.53. The summed E-state index contributed by atoms with van der Waals surface area (Å²) < 4.78 is 4.57. The largest absolute Gasteiger partial charge is 1.00 e. The van der Waals surface area contributed by atoms with E-state index in [1.165, 1.54) is 13.3 Å². The molecule has 0 N–H and O–H groups in total. The van der Waals surface area contributed by atoms with Crippen LogP contribution in [0.1, 0.15) is 11.1 Å². The van der Waals surface area contributed by atoms with Gasteiger partial charge in [0, 0.05) is 17.3 Å². The number of nitrogens with zero attached hydrogens (tertiary/aromatic N) is 1. The Hall–Kier alpha value is -1.55. The van der Waals surface area contributed by atoms with Gasteiger partial charge >= 0.3 is 29.6 Å². The Kier molecular flexibility index (Phi) is 7.09. The van der Waals surface area contributed by atoms with Crippen molar-refractivity contribution in [2.24, 2.45) is 4.99 Å². The van der Waals surface area contributed by atoms with Crippen LogP contribution in [0.15, 0.2) is 77.8 Å². The molecule has 0 aliphatic rings. The molecule has 0 aromatic heterocycles. The van der Waals surface area contributed by atoms with Gasteiger partial charge in [0.05, 0.1) is 11.7 Å². The Morgan fingerprint density at radius 1 is 0.950 bits per heavy atom. The van der Waals surface area contributed by atoms with E-state index in [2.05, 4.69) is 9.73 Å². The predicted octanol–water partition coefficient (Wildman–Crippen LogP) is -0.666. The van der Waals surface area contributed by atoms with Gasteiger partial charge in [0.15, 0.2) is 0 Å². The van der Waals surface area contributed by atoms with Gasteiger partial charge in [-0.05, 0) is 7.11 Å². The molecule has 0 saturated carbocycles. The van der Waals surface area contributed by atoms with Crippen molar-refractivity contribution >= 4 is 5.71 Å². The fourth-order valence-corrected chi connectivity index (χ4v) is 1.68. The van der Waals surface area contributed by atoms with E-state index in [9.17, 15) is 5.11 Å². The van der Waals surface area contributed by atoms with Crippen LogP contribution in [0.3, 0.4) is 0 Å². The van der Waals surface area contributed by atoms with Gasteiger partial charge in [0.1, 0.15) is 0 Å². The molecule has 0 spiro atoms. The van der Waals surface area contributed by atoms with E-state index in [1.54, 1.807) is 0 Å². The first-order valence-electron chi connectivity index (χ1n) is 5.91. The van der Waals surface area contributed by atoms with Gasteiger partial charge < -0.3 is 9.84 Å². The molecule has 2 rings (SSSR count). The van der Waals surface area contributed by atoms with Crippen LogP contribution in [0.25, 0.3) is 0 Å². The molecule has 0 radical (unpaired) electrons. The van der Waals surface area contributed by atoms with Crippen molar-refractivity contribution in [1.29, 1.82) is 0 Å². The van der Waals surface area contributed by atoms with Crippen molar-refractivity contribution in [1.82, 2.24) is 0 Å².